The third-order valence-electron chi connectivity index (χ3n) is 6.60. The Labute approximate surface area is 179 Å². The van der Waals surface area contributed by atoms with Crippen molar-refractivity contribution in [3.05, 3.63) is 41.3 Å². The van der Waals surface area contributed by atoms with Crippen LogP contribution in [0.1, 0.15) is 67.6 Å². The van der Waals surface area contributed by atoms with Crippen LogP contribution in [0.25, 0.3) is 0 Å². The summed E-state index contributed by atoms with van der Waals surface area (Å²) in [5.74, 6) is 1.84. The summed E-state index contributed by atoms with van der Waals surface area (Å²) in [6.07, 6.45) is 12.1. The van der Waals surface area contributed by atoms with Crippen LogP contribution in [0.15, 0.2) is 24.7 Å². The number of aliphatic hydroxyl groups excluding tert-OH is 1. The molecule has 2 aromatic heterocycles. The minimum absolute atomic E-state index is 0.255. The fourth-order valence-electron chi connectivity index (χ4n) is 5.12. The first-order valence-electron chi connectivity index (χ1n) is 10.9. The number of nitrogens with zero attached hydrogens (tertiary/aromatic N) is 5. The number of pyridine rings is 1. The fourth-order valence-corrected chi connectivity index (χ4v) is 5.45. The Bertz CT molecular complexity index is 811. The van der Waals surface area contributed by atoms with Gasteiger partial charge >= 0.3 is 0 Å². The average molecular weight is 416 g/mol. The quantitative estimate of drug-likeness (QED) is 0.679. The van der Waals surface area contributed by atoms with Gasteiger partial charge in [0.15, 0.2) is 0 Å². The van der Waals surface area contributed by atoms with E-state index in [9.17, 15) is 5.11 Å². The van der Waals surface area contributed by atoms with Gasteiger partial charge < -0.3 is 9.41 Å². The van der Waals surface area contributed by atoms with Crippen LogP contribution in [0.4, 0.5) is 5.82 Å². The molecule has 1 fully saturated rings. The van der Waals surface area contributed by atoms with Crippen molar-refractivity contribution < 1.29 is 5.11 Å². The molecular weight excluding hydrogens is 382 g/mol. The molecule has 158 valence electrons. The van der Waals surface area contributed by atoms with E-state index in [4.69, 9.17) is 4.98 Å². The van der Waals surface area contributed by atoms with Crippen molar-refractivity contribution in [2.45, 2.75) is 56.9 Å². The van der Waals surface area contributed by atoms with E-state index in [1.54, 1.807) is 0 Å². The van der Waals surface area contributed by atoms with E-state index in [2.05, 4.69) is 48.2 Å². The van der Waals surface area contributed by atoms with Crippen LogP contribution in [0.2, 0.25) is 0 Å². The van der Waals surface area contributed by atoms with E-state index in [0.29, 0.717) is 12.0 Å². The lowest BCUT2D eigenvalue weighted by atomic mass is 9.81. The number of hydrogen-bond acceptors (Lipinski definition) is 6. The maximum absolute atomic E-state index is 9.39. The van der Waals surface area contributed by atoms with E-state index in [1.165, 1.54) is 42.4 Å². The van der Waals surface area contributed by atoms with Crippen LogP contribution in [0.3, 0.4) is 0 Å². The van der Waals surface area contributed by atoms with Crippen LogP contribution in [0.5, 0.6) is 0 Å². The molecule has 0 aromatic carbocycles. The summed E-state index contributed by atoms with van der Waals surface area (Å²) >= 11 is 4.64. The molecule has 1 unspecified atom stereocenters. The highest BCUT2D eigenvalue weighted by atomic mass is 32.1. The Morgan fingerprint density at radius 1 is 1.17 bits per heavy atom. The highest BCUT2D eigenvalue weighted by Gasteiger charge is 2.32. The number of hydrogen-bond donors (Lipinski definition) is 2. The van der Waals surface area contributed by atoms with Crippen molar-refractivity contribution in [2.24, 2.45) is 7.05 Å². The SMILES string of the molecule is CCCN(CCO)C1CCC(c2cnc3c(c2)C(c2cnn(C)c2)CN3S)CC1. The third kappa shape index (κ3) is 4.32. The van der Waals surface area contributed by atoms with E-state index in [0.717, 1.165) is 31.9 Å². The maximum Gasteiger partial charge on any atom is 0.142 e. The number of aromatic nitrogens is 3. The zero-order chi connectivity index (χ0) is 20.4. The Hall–Kier alpha value is -1.57. The van der Waals surface area contributed by atoms with Crippen LogP contribution < -0.4 is 4.31 Å². The van der Waals surface area contributed by atoms with Gasteiger partial charge in [-0.05, 0) is 61.8 Å². The predicted octanol–water partition coefficient (Wildman–Crippen LogP) is 3.34. The van der Waals surface area contributed by atoms with Crippen LogP contribution in [-0.2, 0) is 7.05 Å². The summed E-state index contributed by atoms with van der Waals surface area (Å²) in [4.78, 5) is 7.27. The fraction of sp³-hybridized carbons (Fsp3) is 0.636. The molecule has 1 atom stereocenters. The maximum atomic E-state index is 9.39. The molecule has 0 amide bonds. The summed E-state index contributed by atoms with van der Waals surface area (Å²) in [5.41, 5.74) is 3.87. The first kappa shape index (κ1) is 20.7. The zero-order valence-electron chi connectivity index (χ0n) is 17.5. The Morgan fingerprint density at radius 2 is 1.97 bits per heavy atom. The van der Waals surface area contributed by atoms with Gasteiger partial charge in [0.1, 0.15) is 5.82 Å². The largest absolute Gasteiger partial charge is 0.395 e. The lowest BCUT2D eigenvalue weighted by Gasteiger charge is -2.36. The van der Waals surface area contributed by atoms with Gasteiger partial charge in [-0.25, -0.2) is 4.98 Å². The second kappa shape index (κ2) is 9.06. The minimum Gasteiger partial charge on any atom is -0.395 e. The lowest BCUT2D eigenvalue weighted by Crippen LogP contribution is -2.40. The molecule has 0 saturated heterocycles. The molecule has 1 N–H and O–H groups in total. The topological polar surface area (TPSA) is 57.4 Å². The first-order chi connectivity index (χ1) is 14.1. The van der Waals surface area contributed by atoms with Crippen molar-refractivity contribution in [3.63, 3.8) is 0 Å². The molecule has 2 aromatic rings. The summed E-state index contributed by atoms with van der Waals surface area (Å²) in [6, 6.07) is 2.98. The van der Waals surface area contributed by atoms with Gasteiger partial charge in [0.25, 0.3) is 0 Å². The van der Waals surface area contributed by atoms with E-state index < -0.39 is 0 Å². The molecule has 0 bridgehead atoms. The molecule has 7 heteroatoms. The monoisotopic (exact) mass is 415 g/mol. The Morgan fingerprint density at radius 3 is 2.62 bits per heavy atom. The van der Waals surface area contributed by atoms with E-state index in [1.807, 2.05) is 22.2 Å². The Balaban J connectivity index is 1.48. The number of anilines is 1. The molecule has 6 nitrogen and oxygen atoms in total. The Kier molecular flexibility index (Phi) is 6.47. The predicted molar refractivity (Wildman–Crippen MR) is 120 cm³/mol. The van der Waals surface area contributed by atoms with Crippen molar-refractivity contribution in [1.82, 2.24) is 19.7 Å². The molecule has 3 heterocycles. The molecule has 1 aliphatic heterocycles. The van der Waals surface area contributed by atoms with Gasteiger partial charge in [-0.2, -0.15) is 5.10 Å². The number of fused-ring (bicyclic) bond motifs is 1. The van der Waals surface area contributed by atoms with Crippen LogP contribution in [-0.4, -0.2) is 57.1 Å². The first-order valence-corrected chi connectivity index (χ1v) is 11.3. The van der Waals surface area contributed by atoms with Crippen molar-refractivity contribution in [1.29, 1.82) is 0 Å². The summed E-state index contributed by atoms with van der Waals surface area (Å²) in [6.45, 7) is 5.19. The summed E-state index contributed by atoms with van der Waals surface area (Å²) in [7, 11) is 1.96. The molecule has 0 spiro atoms. The molecule has 0 radical (unpaired) electrons. The summed E-state index contributed by atoms with van der Waals surface area (Å²) < 4.78 is 3.83. The van der Waals surface area contributed by atoms with E-state index >= 15 is 0 Å². The molecule has 29 heavy (non-hydrogen) atoms. The molecule has 4 rings (SSSR count). The van der Waals surface area contributed by atoms with Crippen LogP contribution in [0, 0.1) is 0 Å². The molecule has 1 saturated carbocycles. The minimum atomic E-state index is 0.255. The molecular formula is C22H33N5OS. The summed E-state index contributed by atoms with van der Waals surface area (Å²) in [5, 5.41) is 13.7. The van der Waals surface area contributed by atoms with Gasteiger partial charge in [0.2, 0.25) is 0 Å². The number of thiol groups is 1. The number of aryl methyl sites for hydroxylation is 1. The smallest absolute Gasteiger partial charge is 0.142 e. The highest BCUT2D eigenvalue weighted by molar-refractivity contribution is 7.81. The standard InChI is InChI=1S/C22H33N5OS/c1-3-8-26(9-10-28)19-6-4-16(5-7-19)17-11-20-21(18-13-24-25(2)14-18)15-27(29)22(20)23-12-17/h11-14,16,19,21,28-29H,3-10,15H2,1-2H3. The van der Waals surface area contributed by atoms with Gasteiger partial charge in [0, 0.05) is 50.1 Å². The van der Waals surface area contributed by atoms with Crippen molar-refractivity contribution in [2.75, 3.05) is 30.5 Å². The normalized spacial score (nSPS) is 24.3. The molecule has 1 aliphatic carbocycles. The van der Waals surface area contributed by atoms with Gasteiger partial charge in [0.05, 0.1) is 12.8 Å². The second-order valence-electron chi connectivity index (χ2n) is 8.53. The average Bonchev–Trinajstić information content (AvgIpc) is 3.31. The van der Waals surface area contributed by atoms with Crippen LogP contribution >= 0.6 is 12.8 Å². The van der Waals surface area contributed by atoms with Crippen molar-refractivity contribution in [3.8, 4) is 0 Å². The number of rotatable bonds is 7. The van der Waals surface area contributed by atoms with Crippen molar-refractivity contribution >= 4 is 18.6 Å². The molecule has 2 aliphatic rings. The number of aliphatic hydroxyl groups is 1. The van der Waals surface area contributed by atoms with Gasteiger partial charge in [-0.1, -0.05) is 19.7 Å². The highest BCUT2D eigenvalue weighted by Crippen LogP contribution is 2.42. The van der Waals surface area contributed by atoms with E-state index in [-0.39, 0.29) is 12.5 Å². The lowest BCUT2D eigenvalue weighted by molar-refractivity contribution is 0.119. The zero-order valence-corrected chi connectivity index (χ0v) is 18.4. The van der Waals surface area contributed by atoms with Gasteiger partial charge in [-0.15, -0.1) is 0 Å². The third-order valence-corrected chi connectivity index (χ3v) is 6.95. The second-order valence-corrected chi connectivity index (χ2v) is 9.01. The van der Waals surface area contributed by atoms with Gasteiger partial charge in [-0.3, -0.25) is 9.58 Å².